The van der Waals surface area contributed by atoms with Crippen LogP contribution in [-0.2, 0) is 21.1 Å². The average Bonchev–Trinajstić information content (AvgIpc) is 2.68. The Hall–Kier alpha value is -1.14. The van der Waals surface area contributed by atoms with Gasteiger partial charge in [0.25, 0.3) is 0 Å². The molecule has 1 unspecified atom stereocenters. The van der Waals surface area contributed by atoms with Crippen LogP contribution in [0, 0.1) is 0 Å². The lowest BCUT2D eigenvalue weighted by Gasteiger charge is -2.39. The molecule has 170 valence electrons. The topological polar surface area (TPSA) is 87.1 Å². The summed E-state index contributed by atoms with van der Waals surface area (Å²) >= 11 is 0. The molecule has 0 saturated carbocycles. The number of halogens is 1. The number of anilines is 1. The van der Waals surface area contributed by atoms with E-state index in [1.54, 1.807) is 13.8 Å². The van der Waals surface area contributed by atoms with E-state index >= 15 is 0 Å². The maximum atomic E-state index is 12.3. The SMILES string of the molecule is CCNC(=NCc1ccc(N2CCOC(C)C2)nc1)N1CCS(=O)(=O)C(C)(C)C1.I. The quantitative estimate of drug-likeness (QED) is 0.348. The second-order valence-corrected chi connectivity index (χ2v) is 11.1. The van der Waals surface area contributed by atoms with Gasteiger partial charge in [0.2, 0.25) is 0 Å². The zero-order valence-corrected chi connectivity index (χ0v) is 21.4. The summed E-state index contributed by atoms with van der Waals surface area (Å²) in [5, 5.41) is 3.29. The van der Waals surface area contributed by atoms with Crippen LogP contribution in [0.25, 0.3) is 0 Å². The van der Waals surface area contributed by atoms with Crippen LogP contribution in [0.1, 0.15) is 33.3 Å². The number of sulfone groups is 1. The van der Waals surface area contributed by atoms with Gasteiger partial charge in [-0.2, -0.15) is 0 Å². The first-order chi connectivity index (χ1) is 13.7. The van der Waals surface area contributed by atoms with Gasteiger partial charge in [-0.3, -0.25) is 0 Å². The molecule has 0 bridgehead atoms. The highest BCUT2D eigenvalue weighted by molar-refractivity contribution is 14.0. The van der Waals surface area contributed by atoms with Crippen molar-refractivity contribution in [1.29, 1.82) is 0 Å². The number of nitrogens with one attached hydrogen (secondary N) is 1. The lowest BCUT2D eigenvalue weighted by Crippen LogP contribution is -2.57. The van der Waals surface area contributed by atoms with Crippen LogP contribution in [0.15, 0.2) is 23.3 Å². The summed E-state index contributed by atoms with van der Waals surface area (Å²) in [6.07, 6.45) is 2.09. The number of aliphatic imine (C=N–C) groups is 1. The molecule has 0 amide bonds. The van der Waals surface area contributed by atoms with Crippen molar-refractivity contribution < 1.29 is 13.2 Å². The molecule has 3 rings (SSSR count). The van der Waals surface area contributed by atoms with Crippen LogP contribution in [0.3, 0.4) is 0 Å². The number of hydrogen-bond acceptors (Lipinski definition) is 6. The van der Waals surface area contributed by atoms with Gasteiger partial charge < -0.3 is 19.9 Å². The molecule has 2 aliphatic heterocycles. The maximum absolute atomic E-state index is 12.3. The Bertz CT molecular complexity index is 829. The van der Waals surface area contributed by atoms with Crippen LogP contribution in [0.4, 0.5) is 5.82 Å². The molecule has 0 aromatic carbocycles. The van der Waals surface area contributed by atoms with Crippen molar-refractivity contribution in [2.75, 3.05) is 50.0 Å². The molecule has 2 saturated heterocycles. The Morgan fingerprint density at radius 2 is 2.13 bits per heavy atom. The van der Waals surface area contributed by atoms with Gasteiger partial charge in [0, 0.05) is 38.9 Å². The van der Waals surface area contributed by atoms with Gasteiger partial charge in [0.1, 0.15) is 5.82 Å². The van der Waals surface area contributed by atoms with Crippen LogP contribution in [-0.4, -0.2) is 80.2 Å². The van der Waals surface area contributed by atoms with Crippen LogP contribution >= 0.6 is 24.0 Å². The van der Waals surface area contributed by atoms with E-state index in [0.29, 0.717) is 19.6 Å². The Labute approximate surface area is 197 Å². The molecular formula is C20H34IN5O3S. The molecule has 2 fully saturated rings. The zero-order chi connectivity index (χ0) is 21.1. The predicted molar refractivity (Wildman–Crippen MR) is 132 cm³/mol. The van der Waals surface area contributed by atoms with E-state index in [-0.39, 0.29) is 35.8 Å². The van der Waals surface area contributed by atoms with Crippen LogP contribution in [0.2, 0.25) is 0 Å². The van der Waals surface area contributed by atoms with Gasteiger partial charge in [-0.25, -0.2) is 18.4 Å². The van der Waals surface area contributed by atoms with E-state index in [1.807, 2.05) is 24.1 Å². The third kappa shape index (κ3) is 5.97. The first-order valence-corrected chi connectivity index (χ1v) is 11.9. The maximum Gasteiger partial charge on any atom is 0.194 e. The molecule has 10 heteroatoms. The number of morpholine rings is 1. The zero-order valence-electron chi connectivity index (χ0n) is 18.3. The molecule has 0 spiro atoms. The number of pyridine rings is 1. The summed E-state index contributed by atoms with van der Waals surface area (Å²) < 4.78 is 29.4. The molecule has 1 aromatic rings. The molecule has 0 radical (unpaired) electrons. The molecule has 2 aliphatic rings. The fourth-order valence-electron chi connectivity index (χ4n) is 3.64. The number of nitrogens with zero attached hydrogens (tertiary/aromatic N) is 4. The molecule has 1 N–H and O–H groups in total. The molecule has 0 aliphatic carbocycles. The lowest BCUT2D eigenvalue weighted by atomic mass is 10.2. The number of aromatic nitrogens is 1. The van der Waals surface area contributed by atoms with Crippen molar-refractivity contribution in [2.24, 2.45) is 4.99 Å². The van der Waals surface area contributed by atoms with Gasteiger partial charge in [-0.05, 0) is 39.3 Å². The number of hydrogen-bond donors (Lipinski definition) is 1. The highest BCUT2D eigenvalue weighted by Crippen LogP contribution is 2.24. The molecular weight excluding hydrogens is 517 g/mol. The summed E-state index contributed by atoms with van der Waals surface area (Å²) in [4.78, 5) is 13.6. The summed E-state index contributed by atoms with van der Waals surface area (Å²) in [5.41, 5.74) is 1.02. The summed E-state index contributed by atoms with van der Waals surface area (Å²) in [6, 6.07) is 4.09. The fraction of sp³-hybridized carbons (Fsp3) is 0.700. The van der Waals surface area contributed by atoms with E-state index in [4.69, 9.17) is 9.73 Å². The smallest absolute Gasteiger partial charge is 0.194 e. The lowest BCUT2D eigenvalue weighted by molar-refractivity contribution is 0.0529. The number of rotatable bonds is 4. The second-order valence-electron chi connectivity index (χ2n) is 8.32. The minimum absolute atomic E-state index is 0. The first-order valence-electron chi connectivity index (χ1n) is 10.3. The first kappa shape index (κ1) is 25.1. The van der Waals surface area contributed by atoms with Gasteiger partial charge >= 0.3 is 0 Å². The predicted octanol–water partition coefficient (Wildman–Crippen LogP) is 1.90. The van der Waals surface area contributed by atoms with Gasteiger partial charge in [-0.15, -0.1) is 24.0 Å². The monoisotopic (exact) mass is 551 g/mol. The van der Waals surface area contributed by atoms with Gasteiger partial charge in [-0.1, -0.05) is 6.07 Å². The minimum atomic E-state index is -3.08. The van der Waals surface area contributed by atoms with E-state index in [2.05, 4.69) is 28.2 Å². The molecule has 1 aromatic heterocycles. The average molecular weight is 551 g/mol. The molecule has 1 atom stereocenters. The Morgan fingerprint density at radius 1 is 1.37 bits per heavy atom. The van der Waals surface area contributed by atoms with Gasteiger partial charge in [0.15, 0.2) is 15.8 Å². The highest BCUT2D eigenvalue weighted by Gasteiger charge is 2.40. The Kier molecular flexibility index (Phi) is 8.75. The van der Waals surface area contributed by atoms with E-state index in [1.165, 1.54) is 0 Å². The second kappa shape index (κ2) is 10.4. The third-order valence-electron chi connectivity index (χ3n) is 5.46. The van der Waals surface area contributed by atoms with Crippen LogP contribution in [0.5, 0.6) is 0 Å². The Balaban J connectivity index is 0.00000320. The van der Waals surface area contributed by atoms with Crippen molar-refractivity contribution in [3.8, 4) is 0 Å². The standard InChI is InChI=1S/C20H33N5O3S.HI/c1-5-21-19(25-9-11-29(26,27)20(3,4)15-25)23-13-17-6-7-18(22-12-17)24-8-10-28-16(2)14-24;/h6-7,12,16H,5,8-11,13-15H2,1-4H3,(H,21,23);1H. The van der Waals surface area contributed by atoms with Crippen molar-refractivity contribution >= 4 is 45.6 Å². The fourth-order valence-corrected chi connectivity index (χ4v) is 5.01. The van der Waals surface area contributed by atoms with Crippen molar-refractivity contribution in [3.05, 3.63) is 23.9 Å². The molecule has 30 heavy (non-hydrogen) atoms. The van der Waals surface area contributed by atoms with Gasteiger partial charge in [0.05, 0.1) is 29.8 Å². The molecule has 3 heterocycles. The third-order valence-corrected chi connectivity index (χ3v) is 8.00. The van der Waals surface area contributed by atoms with E-state index in [0.717, 1.165) is 43.6 Å². The van der Waals surface area contributed by atoms with Crippen molar-refractivity contribution in [1.82, 2.24) is 15.2 Å². The largest absolute Gasteiger partial charge is 0.375 e. The summed E-state index contributed by atoms with van der Waals surface area (Å²) in [7, 11) is -3.08. The molecule has 8 nitrogen and oxygen atoms in total. The minimum Gasteiger partial charge on any atom is -0.375 e. The normalized spacial score (nSPS) is 23.6. The Morgan fingerprint density at radius 3 is 2.73 bits per heavy atom. The number of guanidine groups is 1. The summed E-state index contributed by atoms with van der Waals surface area (Å²) in [6.45, 7) is 12.2. The number of ether oxygens (including phenoxy) is 1. The van der Waals surface area contributed by atoms with Crippen molar-refractivity contribution in [2.45, 2.75) is 45.1 Å². The van der Waals surface area contributed by atoms with E-state index < -0.39 is 14.6 Å². The highest BCUT2D eigenvalue weighted by atomic mass is 127. The van der Waals surface area contributed by atoms with Crippen molar-refractivity contribution in [3.63, 3.8) is 0 Å². The summed E-state index contributed by atoms with van der Waals surface area (Å²) in [5.74, 6) is 1.86. The van der Waals surface area contributed by atoms with E-state index in [9.17, 15) is 8.42 Å². The van der Waals surface area contributed by atoms with Crippen LogP contribution < -0.4 is 10.2 Å².